The van der Waals surface area contributed by atoms with Gasteiger partial charge in [-0.25, -0.2) is 0 Å². The van der Waals surface area contributed by atoms with Crippen LogP contribution in [0.1, 0.15) is 109 Å². The van der Waals surface area contributed by atoms with Crippen molar-refractivity contribution in [3.05, 3.63) is 94.6 Å². The van der Waals surface area contributed by atoms with Gasteiger partial charge in [0.25, 0.3) is 10.1 Å². The summed E-state index contributed by atoms with van der Waals surface area (Å²) >= 11 is 0. The van der Waals surface area contributed by atoms with Gasteiger partial charge < -0.3 is 4.74 Å². The topological polar surface area (TPSA) is 69.7 Å². The van der Waals surface area contributed by atoms with Crippen LogP contribution in [0.3, 0.4) is 0 Å². The Kier molecular flexibility index (Phi) is 14.7. The lowest BCUT2D eigenvalue weighted by Crippen LogP contribution is -2.14. The summed E-state index contributed by atoms with van der Waals surface area (Å²) in [6.45, 7) is 16.1. The molecule has 0 spiro atoms. The lowest BCUT2D eigenvalue weighted by atomic mass is 9.86. The molecule has 4 rings (SSSR count). The molecular weight excluding hydrogens is 593 g/mol. The van der Waals surface area contributed by atoms with E-state index in [2.05, 4.69) is 76.3 Å². The number of Topliss-reactive ketones (excluding diaryl/α,β-unsaturated/α-hetero) is 1. The second-order valence-corrected chi connectivity index (χ2v) is 15.4. The number of hydrogen-bond donors (Lipinski definition) is 0. The molecular formula is C40H56O5S. The number of carbonyl (C=O) groups is 1. The number of aryl methyl sites for hydroxylation is 1. The monoisotopic (exact) mass is 648 g/mol. The normalized spacial score (nSPS) is 18.2. The smallest absolute Gasteiger partial charge is 0.296 e. The van der Waals surface area contributed by atoms with E-state index in [4.69, 9.17) is 8.92 Å². The van der Waals surface area contributed by atoms with Gasteiger partial charge in [-0.2, -0.15) is 8.42 Å². The zero-order valence-electron chi connectivity index (χ0n) is 29.2. The number of rotatable bonds is 17. The van der Waals surface area contributed by atoms with Crippen molar-refractivity contribution in [3.63, 3.8) is 0 Å². The largest absolute Gasteiger partial charge is 0.381 e. The van der Waals surface area contributed by atoms with E-state index in [0.29, 0.717) is 56.0 Å². The summed E-state index contributed by atoms with van der Waals surface area (Å²) in [4.78, 5) is 12.7. The SMILES string of the molecule is CC.Cc1ccc(S(=O)(=O)OCCCCCOCCC(C)c2ccc(/C=C/C3=CC=C(CC(=O)CC(C)(C)C)C4CC34)cc2)cc1. The first kappa shape index (κ1) is 37.7. The number of unbranched alkanes of at least 4 members (excludes halogenated alkanes) is 2. The molecule has 2 aliphatic carbocycles. The quantitative estimate of drug-likeness (QED) is 0.126. The second kappa shape index (κ2) is 17.9. The Hall–Kier alpha value is -2.80. The van der Waals surface area contributed by atoms with E-state index in [-0.39, 0.29) is 16.9 Å². The van der Waals surface area contributed by atoms with E-state index in [0.717, 1.165) is 31.2 Å². The van der Waals surface area contributed by atoms with Crippen molar-refractivity contribution in [1.29, 1.82) is 0 Å². The van der Waals surface area contributed by atoms with Crippen molar-refractivity contribution in [1.82, 2.24) is 0 Å². The third-order valence-corrected chi connectivity index (χ3v) is 9.79. The number of ketones is 1. The zero-order chi connectivity index (χ0) is 33.7. The number of allylic oxidation sites excluding steroid dienone is 5. The summed E-state index contributed by atoms with van der Waals surface area (Å²) in [5.41, 5.74) is 6.26. The van der Waals surface area contributed by atoms with Crippen LogP contribution in [0, 0.1) is 24.2 Å². The van der Waals surface area contributed by atoms with Crippen LogP contribution < -0.4 is 0 Å². The van der Waals surface area contributed by atoms with Crippen LogP contribution in [-0.2, 0) is 23.8 Å². The van der Waals surface area contributed by atoms with E-state index >= 15 is 0 Å². The highest BCUT2D eigenvalue weighted by Gasteiger charge is 2.43. The molecule has 0 saturated heterocycles. The van der Waals surface area contributed by atoms with Crippen molar-refractivity contribution in [3.8, 4) is 0 Å². The third kappa shape index (κ3) is 12.4. The van der Waals surface area contributed by atoms with E-state index in [1.165, 1.54) is 22.3 Å². The Morgan fingerprint density at radius 3 is 2.24 bits per heavy atom. The van der Waals surface area contributed by atoms with Crippen LogP contribution in [-0.4, -0.2) is 34.0 Å². The minimum atomic E-state index is -3.68. The fraction of sp³-hybridized carbons (Fsp3) is 0.525. The minimum absolute atomic E-state index is 0.0524. The summed E-state index contributed by atoms with van der Waals surface area (Å²) < 4.78 is 35.5. The van der Waals surface area contributed by atoms with Crippen LogP contribution in [0.2, 0.25) is 0 Å². The molecule has 1 saturated carbocycles. The standard InChI is InChI=1S/C38H50O5S.C2H6/c1-28-9-19-35(20-10-28)44(40,41)43-23-8-6-7-22-42-24-21-29(2)31-14-11-30(12-15-31)13-16-32-17-18-33(37-26-36(32)37)25-34(39)27-38(3,4)5;1-2/h9-20,29,36-37H,6-8,21-27H2,1-5H3;1-2H3/b16-13+;. The van der Waals surface area contributed by atoms with Crippen molar-refractivity contribution < 1.29 is 22.1 Å². The van der Waals surface area contributed by atoms with Crippen LogP contribution in [0.5, 0.6) is 0 Å². The van der Waals surface area contributed by atoms with Crippen molar-refractivity contribution in [2.75, 3.05) is 19.8 Å². The number of fused-ring (bicyclic) bond motifs is 1. The zero-order valence-corrected chi connectivity index (χ0v) is 30.0. The van der Waals surface area contributed by atoms with Gasteiger partial charge in [0, 0.05) is 26.1 Å². The molecule has 1 fully saturated rings. The van der Waals surface area contributed by atoms with E-state index in [9.17, 15) is 13.2 Å². The molecule has 2 aromatic carbocycles. The van der Waals surface area contributed by atoms with E-state index in [1.54, 1.807) is 24.3 Å². The van der Waals surface area contributed by atoms with Crippen LogP contribution in [0.4, 0.5) is 0 Å². The molecule has 5 nitrogen and oxygen atoms in total. The minimum Gasteiger partial charge on any atom is -0.381 e. The van der Waals surface area contributed by atoms with E-state index < -0.39 is 10.1 Å². The maximum absolute atomic E-state index is 12.5. The van der Waals surface area contributed by atoms with Gasteiger partial charge in [-0.05, 0) is 91.0 Å². The molecule has 0 radical (unpaired) electrons. The van der Waals surface area contributed by atoms with Gasteiger partial charge in [0.15, 0.2) is 0 Å². The fourth-order valence-electron chi connectivity index (χ4n) is 5.76. The molecule has 0 aliphatic heterocycles. The average Bonchev–Trinajstić information content (AvgIpc) is 3.82. The highest BCUT2D eigenvalue weighted by Crippen LogP contribution is 2.52. The molecule has 0 heterocycles. The Labute approximate surface area is 279 Å². The first-order valence-electron chi connectivity index (χ1n) is 17.2. The number of benzene rings is 2. The lowest BCUT2D eigenvalue weighted by Gasteiger charge is -2.18. The van der Waals surface area contributed by atoms with Crippen molar-refractivity contribution in [2.45, 2.75) is 104 Å². The average molecular weight is 649 g/mol. The fourth-order valence-corrected chi connectivity index (χ4v) is 6.70. The maximum atomic E-state index is 12.5. The van der Waals surface area contributed by atoms with Gasteiger partial charge in [0.2, 0.25) is 0 Å². The highest BCUT2D eigenvalue weighted by atomic mass is 32.2. The van der Waals surface area contributed by atoms with Crippen LogP contribution in [0.15, 0.2) is 82.8 Å². The van der Waals surface area contributed by atoms with Gasteiger partial charge >= 0.3 is 0 Å². The third-order valence-electron chi connectivity index (χ3n) is 8.46. The van der Waals surface area contributed by atoms with Gasteiger partial charge in [-0.15, -0.1) is 0 Å². The molecule has 3 atom stereocenters. The molecule has 0 bridgehead atoms. The van der Waals surface area contributed by atoms with Gasteiger partial charge in [-0.1, -0.05) is 113 Å². The molecule has 2 aliphatic rings. The summed E-state index contributed by atoms with van der Waals surface area (Å²) in [6.07, 6.45) is 14.6. The van der Waals surface area contributed by atoms with Crippen LogP contribution >= 0.6 is 0 Å². The Morgan fingerprint density at radius 1 is 0.891 bits per heavy atom. The summed E-state index contributed by atoms with van der Waals surface area (Å²) in [7, 11) is -3.68. The highest BCUT2D eigenvalue weighted by molar-refractivity contribution is 7.86. The van der Waals surface area contributed by atoms with Gasteiger partial charge in [0.05, 0.1) is 11.5 Å². The Morgan fingerprint density at radius 2 is 1.57 bits per heavy atom. The molecule has 3 unspecified atom stereocenters. The second-order valence-electron chi connectivity index (χ2n) is 13.8. The van der Waals surface area contributed by atoms with Crippen molar-refractivity contribution in [2.24, 2.45) is 17.3 Å². The van der Waals surface area contributed by atoms with Gasteiger partial charge in [-0.3, -0.25) is 8.98 Å². The first-order chi connectivity index (χ1) is 21.9. The lowest BCUT2D eigenvalue weighted by molar-refractivity contribution is -0.120. The predicted molar refractivity (Wildman–Crippen MR) is 190 cm³/mol. The number of carbonyl (C=O) groups excluding carboxylic acids is 1. The van der Waals surface area contributed by atoms with Crippen LogP contribution in [0.25, 0.3) is 6.08 Å². The van der Waals surface area contributed by atoms with Crippen molar-refractivity contribution >= 4 is 22.0 Å². The molecule has 252 valence electrons. The molecule has 0 amide bonds. The Balaban J connectivity index is 0.00000282. The summed E-state index contributed by atoms with van der Waals surface area (Å²) in [5, 5.41) is 0. The molecule has 6 heteroatoms. The molecule has 46 heavy (non-hydrogen) atoms. The molecule has 0 aromatic heterocycles. The first-order valence-corrected chi connectivity index (χ1v) is 18.6. The maximum Gasteiger partial charge on any atom is 0.296 e. The Bertz CT molecular complexity index is 1440. The molecule has 0 N–H and O–H groups in total. The molecule has 2 aromatic rings. The van der Waals surface area contributed by atoms with E-state index in [1.807, 2.05) is 20.8 Å². The number of ether oxygens (including phenoxy) is 1. The number of hydrogen-bond acceptors (Lipinski definition) is 5. The predicted octanol–water partition coefficient (Wildman–Crippen LogP) is 10.0. The summed E-state index contributed by atoms with van der Waals surface area (Å²) in [6, 6.07) is 15.5. The van der Waals surface area contributed by atoms with Gasteiger partial charge in [0.1, 0.15) is 5.78 Å². The summed E-state index contributed by atoms with van der Waals surface area (Å²) in [5.74, 6) is 1.89.